The lowest BCUT2D eigenvalue weighted by atomic mass is 10.0. The highest BCUT2D eigenvalue weighted by Gasteiger charge is 2.45. The summed E-state index contributed by atoms with van der Waals surface area (Å²) >= 11 is 0. The molecule has 6 heterocycles. The predicted octanol–water partition coefficient (Wildman–Crippen LogP) is 1.94. The second-order valence-corrected chi connectivity index (χ2v) is 16.7. The van der Waals surface area contributed by atoms with Gasteiger partial charge < -0.3 is 44.4 Å². The normalized spacial score (nSPS) is 15.6. The third-order valence-electron chi connectivity index (χ3n) is 11.9. The minimum atomic E-state index is -1.03. The monoisotopic (exact) mass is 952 g/mol. The molecule has 0 spiro atoms. The average molecular weight is 953 g/mol. The number of aryl methyl sites for hydroxylation is 1. The number of ether oxygens (including phenoxy) is 4. The van der Waals surface area contributed by atoms with Crippen LogP contribution in [0, 0.1) is 0 Å². The van der Waals surface area contributed by atoms with Crippen LogP contribution in [0.5, 0.6) is 0 Å². The first-order chi connectivity index (χ1) is 33.5. The molecule has 3 aliphatic heterocycles. The molecular weight excluding hydrogens is 893 g/mol. The van der Waals surface area contributed by atoms with Gasteiger partial charge in [0, 0.05) is 69.9 Å². The Morgan fingerprint density at radius 2 is 1.58 bits per heavy atom. The molecule has 368 valence electrons. The minimum Gasteiger partial charge on any atom is -0.382 e. The molecule has 69 heavy (non-hydrogen) atoms. The van der Waals surface area contributed by atoms with Crippen molar-refractivity contribution < 1.29 is 47.7 Å². The number of rotatable bonds is 27. The molecule has 22 nitrogen and oxygen atoms in total. The predicted molar refractivity (Wildman–Crippen MR) is 251 cm³/mol. The first-order valence-electron chi connectivity index (χ1n) is 23.3. The van der Waals surface area contributed by atoms with Gasteiger partial charge in [0.15, 0.2) is 5.82 Å². The topological polar surface area (TPSA) is 254 Å². The molecule has 4 N–H and O–H groups in total. The molecule has 3 aromatic heterocycles. The van der Waals surface area contributed by atoms with Crippen LogP contribution in [0.2, 0.25) is 0 Å². The van der Waals surface area contributed by atoms with Crippen LogP contribution < -0.4 is 31.1 Å². The van der Waals surface area contributed by atoms with E-state index in [4.69, 9.17) is 28.9 Å². The summed E-state index contributed by atoms with van der Waals surface area (Å²) in [6.07, 6.45) is 2.00. The number of piperidine rings is 1. The Labute approximate surface area is 399 Å². The number of amides is 6. The Balaban J connectivity index is 0.721. The Hall–Kier alpha value is -6.72. The van der Waals surface area contributed by atoms with Crippen LogP contribution >= 0.6 is 0 Å². The van der Waals surface area contributed by atoms with E-state index in [1.165, 1.54) is 0 Å². The quantitative estimate of drug-likeness (QED) is 0.0492. The third kappa shape index (κ3) is 12.3. The van der Waals surface area contributed by atoms with Crippen molar-refractivity contribution in [2.45, 2.75) is 71.8 Å². The molecule has 4 aromatic rings. The zero-order valence-electron chi connectivity index (χ0n) is 39.5. The van der Waals surface area contributed by atoms with Gasteiger partial charge in [0.1, 0.15) is 29.7 Å². The number of carbonyl (C=O) groups excluding carboxylic acids is 6. The van der Waals surface area contributed by atoms with Crippen molar-refractivity contribution in [3.05, 3.63) is 76.7 Å². The summed E-state index contributed by atoms with van der Waals surface area (Å²) in [5.41, 5.74) is 3.67. The fourth-order valence-electron chi connectivity index (χ4n) is 7.94. The zero-order chi connectivity index (χ0) is 48.9. The molecule has 0 bridgehead atoms. The van der Waals surface area contributed by atoms with Crippen molar-refractivity contribution in [2.24, 2.45) is 0 Å². The summed E-state index contributed by atoms with van der Waals surface area (Å²) in [6.45, 7) is 11.4. The van der Waals surface area contributed by atoms with Crippen LogP contribution in [0.15, 0.2) is 48.8 Å². The number of anilines is 3. The number of aromatic nitrogens is 5. The molecule has 1 atom stereocenters. The van der Waals surface area contributed by atoms with Crippen LogP contribution in [0.25, 0.3) is 11.5 Å². The second-order valence-electron chi connectivity index (χ2n) is 16.7. The average Bonchev–Trinajstić information content (AvgIpc) is 4.03. The highest BCUT2D eigenvalue weighted by molar-refractivity contribution is 6.25. The largest absolute Gasteiger partial charge is 0.382 e. The van der Waals surface area contributed by atoms with Crippen LogP contribution in [-0.4, -0.2) is 157 Å². The summed E-state index contributed by atoms with van der Waals surface area (Å²) < 4.78 is 24.2. The molecule has 1 unspecified atom stereocenters. The highest BCUT2D eigenvalue weighted by atomic mass is 16.6. The summed E-state index contributed by atoms with van der Waals surface area (Å²) in [4.78, 5) is 91.0. The van der Waals surface area contributed by atoms with Crippen molar-refractivity contribution in [1.29, 1.82) is 0 Å². The summed E-state index contributed by atoms with van der Waals surface area (Å²) in [6, 6.07) is 11.4. The lowest BCUT2D eigenvalue weighted by Gasteiger charge is -2.27. The van der Waals surface area contributed by atoms with Gasteiger partial charge in [-0.15, -0.1) is 10.2 Å². The fraction of sp³-hybridized carbons (Fsp3) is 0.489. The van der Waals surface area contributed by atoms with Crippen molar-refractivity contribution >= 4 is 52.8 Å². The Kier molecular flexibility index (Phi) is 17.5. The smallest absolute Gasteiger partial charge is 0.264 e. The van der Waals surface area contributed by atoms with E-state index in [1.807, 2.05) is 47.7 Å². The Morgan fingerprint density at radius 3 is 2.30 bits per heavy atom. The number of fused-ring (bicyclic) bond motifs is 2. The van der Waals surface area contributed by atoms with Gasteiger partial charge in [-0.3, -0.25) is 43.9 Å². The van der Waals surface area contributed by atoms with Gasteiger partial charge in [-0.05, 0) is 57.5 Å². The minimum absolute atomic E-state index is 0.0520. The fourth-order valence-corrected chi connectivity index (χ4v) is 7.94. The maximum atomic E-state index is 13.9. The first kappa shape index (κ1) is 50.2. The van der Waals surface area contributed by atoms with Crippen molar-refractivity contribution in [1.82, 2.24) is 45.6 Å². The molecule has 22 heteroatoms. The van der Waals surface area contributed by atoms with Gasteiger partial charge in [0.2, 0.25) is 17.7 Å². The highest BCUT2D eigenvalue weighted by Crippen LogP contribution is 2.34. The molecule has 0 saturated carbocycles. The van der Waals surface area contributed by atoms with Gasteiger partial charge in [-0.2, -0.15) is 0 Å². The number of carbonyl (C=O) groups is 6. The Bertz CT molecular complexity index is 2500. The number of pyridine rings is 2. The molecule has 7 rings (SSSR count). The molecule has 3 aliphatic rings. The summed E-state index contributed by atoms with van der Waals surface area (Å²) in [5.74, 6) is -0.653. The third-order valence-corrected chi connectivity index (χ3v) is 11.9. The maximum Gasteiger partial charge on any atom is 0.264 e. The van der Waals surface area contributed by atoms with Gasteiger partial charge >= 0.3 is 0 Å². The van der Waals surface area contributed by atoms with Crippen LogP contribution in [0.1, 0.15) is 82.4 Å². The second kappa shape index (κ2) is 24.0. The van der Waals surface area contributed by atoms with Gasteiger partial charge in [0.05, 0.1) is 81.8 Å². The van der Waals surface area contributed by atoms with Crippen molar-refractivity contribution in [2.75, 3.05) is 94.7 Å². The number of nitrogens with one attached hydrogen (secondary N) is 4. The molecule has 1 saturated heterocycles. The molecule has 6 amide bonds. The number of imide groups is 2. The molecule has 1 aromatic carbocycles. The lowest BCUT2D eigenvalue weighted by Crippen LogP contribution is -2.54. The van der Waals surface area contributed by atoms with E-state index >= 15 is 0 Å². The molecule has 1 fully saturated rings. The molecule has 0 radical (unpaired) electrons. The zero-order valence-corrected chi connectivity index (χ0v) is 39.5. The van der Waals surface area contributed by atoms with Gasteiger partial charge in [0.25, 0.3) is 17.7 Å². The maximum absolute atomic E-state index is 13.9. The van der Waals surface area contributed by atoms with Crippen molar-refractivity contribution in [3.8, 4) is 11.5 Å². The van der Waals surface area contributed by atoms with Crippen LogP contribution in [0.4, 0.5) is 17.3 Å². The molecular formula is C47H60N12O10. The van der Waals surface area contributed by atoms with Gasteiger partial charge in [-0.1, -0.05) is 12.1 Å². The number of benzene rings is 1. The van der Waals surface area contributed by atoms with E-state index in [1.54, 1.807) is 29.4 Å². The number of hydrogen-bond donors (Lipinski definition) is 4. The summed E-state index contributed by atoms with van der Waals surface area (Å²) in [7, 11) is 1.95. The van der Waals surface area contributed by atoms with Gasteiger partial charge in [-0.25, -0.2) is 9.97 Å². The standard InChI is InChI=1S/C47H60N12O10/c1-5-57-29-51-55-43(57)35-10-7-11-38(52-35)58-28-33-32(45(58)63)26-39(56(4)30(2)3)53-36(33)27-48-15-16-50-40(60)14-18-66-20-22-68-24-25-69-23-21-67-19-17-49-34-9-6-8-31-42(34)47(65)59(46(31)64)37-12-13-41(61)54-44(37)62/h6-11,26,29-30,37,48-49H,5,12-25,27-28H2,1-4H3,(H,50,60)(H,54,61,62). The Morgan fingerprint density at radius 1 is 0.855 bits per heavy atom. The van der Waals surface area contributed by atoms with Crippen LogP contribution in [-0.2, 0) is 53.0 Å². The van der Waals surface area contributed by atoms with Crippen molar-refractivity contribution in [3.63, 3.8) is 0 Å². The van der Waals surface area contributed by atoms with E-state index in [0.717, 1.165) is 16.2 Å². The van der Waals surface area contributed by atoms with E-state index in [0.29, 0.717) is 120 Å². The van der Waals surface area contributed by atoms with E-state index < -0.39 is 29.7 Å². The molecule has 0 aliphatic carbocycles. The van der Waals surface area contributed by atoms with E-state index in [2.05, 4.69) is 45.3 Å². The van der Waals surface area contributed by atoms with E-state index in [9.17, 15) is 28.8 Å². The number of nitrogens with zero attached hydrogens (tertiary/aromatic N) is 8. The SMILES string of the molecule is CCn1cnnc1-c1cccc(N2Cc3c(cc(N(C)C(C)C)nc3CNCCNC(=O)CCOCCOCCOCCOCCNc3cccc4c3C(=O)N(C3CCC(=O)NC3=O)C4=O)C2=O)n1. The lowest BCUT2D eigenvalue weighted by molar-refractivity contribution is -0.136. The number of hydrogen-bond acceptors (Lipinski definition) is 17. The van der Waals surface area contributed by atoms with E-state index in [-0.39, 0.29) is 54.9 Å². The first-order valence-corrected chi connectivity index (χ1v) is 23.3. The summed E-state index contributed by atoms with van der Waals surface area (Å²) in [5, 5.41) is 19.9. The van der Waals surface area contributed by atoms with Crippen LogP contribution in [0.3, 0.4) is 0 Å².